The van der Waals surface area contributed by atoms with Gasteiger partial charge in [0.25, 0.3) is 0 Å². The van der Waals surface area contributed by atoms with Gasteiger partial charge in [0.05, 0.1) is 28.9 Å². The standard InChI is InChI=1S/C11H7Cl2N3S/c12-9-2-1-7(4-14)3-10(9)15-5-8-6-16-11(13)17-8/h1-3,6,15H,5H2. The lowest BCUT2D eigenvalue weighted by Gasteiger charge is -2.06. The Hall–Kier alpha value is -1.28. The molecule has 1 heterocycles. The third kappa shape index (κ3) is 3.10. The molecule has 0 fully saturated rings. The van der Waals surface area contributed by atoms with Gasteiger partial charge in [0.1, 0.15) is 0 Å². The second-order valence-corrected chi connectivity index (χ2v) is 5.34. The van der Waals surface area contributed by atoms with E-state index in [1.807, 2.05) is 0 Å². The van der Waals surface area contributed by atoms with Crippen molar-refractivity contribution in [2.24, 2.45) is 0 Å². The number of anilines is 1. The minimum atomic E-state index is 0.513. The maximum Gasteiger partial charge on any atom is 0.183 e. The van der Waals surface area contributed by atoms with Crippen molar-refractivity contribution >= 4 is 40.2 Å². The first-order chi connectivity index (χ1) is 8.19. The molecule has 0 amide bonds. The molecule has 1 aromatic carbocycles. The van der Waals surface area contributed by atoms with Crippen LogP contribution >= 0.6 is 34.5 Å². The smallest absolute Gasteiger partial charge is 0.183 e. The summed E-state index contributed by atoms with van der Waals surface area (Å²) in [6, 6.07) is 7.15. The van der Waals surface area contributed by atoms with Crippen molar-refractivity contribution < 1.29 is 0 Å². The van der Waals surface area contributed by atoms with Gasteiger partial charge in [-0.15, -0.1) is 11.3 Å². The van der Waals surface area contributed by atoms with Crippen LogP contribution in [0.4, 0.5) is 5.69 Å². The fourth-order valence-electron chi connectivity index (χ4n) is 1.28. The summed E-state index contributed by atoms with van der Waals surface area (Å²) in [5.74, 6) is 0. The summed E-state index contributed by atoms with van der Waals surface area (Å²) in [6.07, 6.45) is 1.71. The van der Waals surface area contributed by atoms with Gasteiger partial charge in [-0.2, -0.15) is 5.26 Å². The molecule has 1 N–H and O–H groups in total. The highest BCUT2D eigenvalue weighted by Gasteiger charge is 2.03. The second kappa shape index (κ2) is 5.37. The lowest BCUT2D eigenvalue weighted by atomic mass is 10.2. The molecule has 0 saturated carbocycles. The van der Waals surface area contributed by atoms with Crippen molar-refractivity contribution in [1.82, 2.24) is 4.98 Å². The number of nitrogens with one attached hydrogen (secondary N) is 1. The predicted octanol–water partition coefficient (Wildman–Crippen LogP) is 3.93. The fraction of sp³-hybridized carbons (Fsp3) is 0.0909. The number of nitrogens with zero attached hydrogens (tertiary/aromatic N) is 2. The average molecular weight is 284 g/mol. The quantitative estimate of drug-likeness (QED) is 0.928. The van der Waals surface area contributed by atoms with Crippen LogP contribution < -0.4 is 5.32 Å². The Bertz CT molecular complexity index is 574. The van der Waals surface area contributed by atoms with Crippen LogP contribution in [0.25, 0.3) is 0 Å². The van der Waals surface area contributed by atoms with Gasteiger partial charge in [-0.05, 0) is 18.2 Å². The van der Waals surface area contributed by atoms with Crippen molar-refractivity contribution in [2.75, 3.05) is 5.32 Å². The maximum atomic E-state index is 8.80. The third-order valence-electron chi connectivity index (χ3n) is 2.07. The number of benzene rings is 1. The minimum absolute atomic E-state index is 0.513. The van der Waals surface area contributed by atoms with Gasteiger partial charge in [-0.1, -0.05) is 23.2 Å². The van der Waals surface area contributed by atoms with Crippen LogP contribution in [0.5, 0.6) is 0 Å². The molecule has 2 rings (SSSR count). The molecule has 0 radical (unpaired) electrons. The largest absolute Gasteiger partial charge is 0.379 e. The number of aromatic nitrogens is 1. The second-order valence-electron chi connectivity index (χ2n) is 3.24. The van der Waals surface area contributed by atoms with E-state index in [4.69, 9.17) is 28.5 Å². The maximum absolute atomic E-state index is 8.80. The number of hydrogen-bond acceptors (Lipinski definition) is 4. The summed E-state index contributed by atoms with van der Waals surface area (Å²) in [6.45, 7) is 0.582. The normalized spacial score (nSPS) is 9.94. The Morgan fingerprint density at radius 2 is 2.24 bits per heavy atom. The highest BCUT2D eigenvalue weighted by molar-refractivity contribution is 7.15. The van der Waals surface area contributed by atoms with Crippen LogP contribution in [0, 0.1) is 11.3 Å². The molecule has 0 saturated heterocycles. The van der Waals surface area contributed by atoms with Crippen molar-refractivity contribution in [3.8, 4) is 6.07 Å². The Morgan fingerprint density at radius 3 is 2.88 bits per heavy atom. The first kappa shape index (κ1) is 12.2. The molecular weight excluding hydrogens is 277 g/mol. The highest BCUT2D eigenvalue weighted by Crippen LogP contribution is 2.25. The lowest BCUT2D eigenvalue weighted by molar-refractivity contribution is 1.17. The van der Waals surface area contributed by atoms with Crippen molar-refractivity contribution in [1.29, 1.82) is 5.26 Å². The molecule has 0 aliphatic rings. The van der Waals surface area contributed by atoms with Gasteiger partial charge in [0.15, 0.2) is 4.47 Å². The fourth-order valence-corrected chi connectivity index (χ4v) is 2.38. The first-order valence-corrected chi connectivity index (χ1v) is 6.30. The summed E-state index contributed by atoms with van der Waals surface area (Å²) in [5, 5.41) is 12.5. The molecule has 6 heteroatoms. The van der Waals surface area contributed by atoms with E-state index >= 15 is 0 Å². The first-order valence-electron chi connectivity index (χ1n) is 4.73. The summed E-state index contributed by atoms with van der Waals surface area (Å²) < 4.78 is 0.513. The summed E-state index contributed by atoms with van der Waals surface area (Å²) in [7, 11) is 0. The van der Waals surface area contributed by atoms with E-state index in [0.717, 1.165) is 10.6 Å². The van der Waals surface area contributed by atoms with Crippen LogP contribution in [-0.2, 0) is 6.54 Å². The van der Waals surface area contributed by atoms with E-state index in [1.165, 1.54) is 11.3 Å². The Balaban J connectivity index is 2.11. The number of rotatable bonds is 3. The topological polar surface area (TPSA) is 48.7 Å². The third-order valence-corrected chi connectivity index (χ3v) is 3.52. The summed E-state index contributed by atoms with van der Waals surface area (Å²) in [4.78, 5) is 4.95. The van der Waals surface area contributed by atoms with E-state index in [1.54, 1.807) is 24.4 Å². The zero-order valence-corrected chi connectivity index (χ0v) is 10.9. The molecule has 1 aromatic heterocycles. The van der Waals surface area contributed by atoms with E-state index < -0.39 is 0 Å². The van der Waals surface area contributed by atoms with E-state index in [-0.39, 0.29) is 0 Å². The Morgan fingerprint density at radius 1 is 1.41 bits per heavy atom. The van der Waals surface area contributed by atoms with Gasteiger partial charge in [0, 0.05) is 11.1 Å². The monoisotopic (exact) mass is 283 g/mol. The van der Waals surface area contributed by atoms with E-state index in [0.29, 0.717) is 21.6 Å². The number of thiazole rings is 1. The molecule has 17 heavy (non-hydrogen) atoms. The molecule has 3 nitrogen and oxygen atoms in total. The van der Waals surface area contributed by atoms with Gasteiger partial charge >= 0.3 is 0 Å². The average Bonchev–Trinajstić information content (AvgIpc) is 2.74. The highest BCUT2D eigenvalue weighted by atomic mass is 35.5. The Labute approximate surface area is 113 Å². The van der Waals surface area contributed by atoms with Gasteiger partial charge < -0.3 is 5.32 Å². The van der Waals surface area contributed by atoms with Crippen LogP contribution in [0.1, 0.15) is 10.4 Å². The molecule has 0 bridgehead atoms. The predicted molar refractivity (Wildman–Crippen MR) is 70.6 cm³/mol. The molecular formula is C11H7Cl2N3S. The zero-order chi connectivity index (χ0) is 12.3. The lowest BCUT2D eigenvalue weighted by Crippen LogP contribution is -1.98. The van der Waals surface area contributed by atoms with Crippen molar-refractivity contribution in [3.63, 3.8) is 0 Å². The van der Waals surface area contributed by atoms with E-state index in [9.17, 15) is 0 Å². The summed E-state index contributed by atoms with van der Waals surface area (Å²) >= 11 is 13.2. The van der Waals surface area contributed by atoms with Crippen molar-refractivity contribution in [2.45, 2.75) is 6.54 Å². The van der Waals surface area contributed by atoms with Gasteiger partial charge in [0.2, 0.25) is 0 Å². The SMILES string of the molecule is N#Cc1ccc(Cl)c(NCc2cnc(Cl)s2)c1. The Kier molecular flexibility index (Phi) is 3.85. The van der Waals surface area contributed by atoms with Crippen molar-refractivity contribution in [3.05, 3.63) is 44.3 Å². The van der Waals surface area contributed by atoms with E-state index in [2.05, 4.69) is 16.4 Å². The van der Waals surface area contributed by atoms with Crippen LogP contribution in [0.2, 0.25) is 9.49 Å². The van der Waals surface area contributed by atoms with Gasteiger partial charge in [-0.25, -0.2) is 4.98 Å². The molecule has 0 aliphatic heterocycles. The number of hydrogen-bond donors (Lipinski definition) is 1. The molecule has 2 aromatic rings. The molecule has 0 unspecified atom stereocenters. The van der Waals surface area contributed by atoms with Crippen LogP contribution in [-0.4, -0.2) is 4.98 Å². The number of nitriles is 1. The molecule has 86 valence electrons. The molecule has 0 atom stereocenters. The van der Waals surface area contributed by atoms with Crippen LogP contribution in [0.3, 0.4) is 0 Å². The minimum Gasteiger partial charge on any atom is -0.379 e. The van der Waals surface area contributed by atoms with Gasteiger partial charge in [-0.3, -0.25) is 0 Å². The van der Waals surface area contributed by atoms with Crippen LogP contribution in [0.15, 0.2) is 24.4 Å². The molecule has 0 aliphatic carbocycles. The summed E-state index contributed by atoms with van der Waals surface area (Å²) in [5.41, 5.74) is 1.30. The molecule has 0 spiro atoms. The zero-order valence-electron chi connectivity index (χ0n) is 8.58. The number of halogens is 2.